The van der Waals surface area contributed by atoms with Gasteiger partial charge in [0, 0.05) is 6.54 Å². The van der Waals surface area contributed by atoms with Gasteiger partial charge in [-0.1, -0.05) is 41.5 Å². The van der Waals surface area contributed by atoms with E-state index in [0.717, 1.165) is 0 Å². The molecule has 0 aromatic carbocycles. The topological polar surface area (TPSA) is 293 Å². The number of aliphatic carboxylic acids is 1. The first kappa shape index (κ1) is 43.0. The van der Waals surface area contributed by atoms with Crippen LogP contribution in [-0.4, -0.2) is 101 Å². The molecule has 13 N–H and O–H groups in total. The van der Waals surface area contributed by atoms with Gasteiger partial charge in [-0.3, -0.25) is 29.0 Å². The summed E-state index contributed by atoms with van der Waals surface area (Å²) in [5.41, 5.74) is 16.7. The van der Waals surface area contributed by atoms with Gasteiger partial charge < -0.3 is 54.0 Å². The lowest BCUT2D eigenvalue weighted by atomic mass is 9.99. The minimum atomic E-state index is -1.57. The van der Waals surface area contributed by atoms with Gasteiger partial charge in [0.05, 0.1) is 12.6 Å². The Morgan fingerprint density at radius 2 is 1.04 bits per heavy atom. The van der Waals surface area contributed by atoms with Crippen LogP contribution < -0.4 is 43.8 Å². The van der Waals surface area contributed by atoms with Gasteiger partial charge in [-0.2, -0.15) is 0 Å². The molecule has 17 heteroatoms. The van der Waals surface area contributed by atoms with Crippen LogP contribution in [-0.2, 0) is 28.8 Å². The Labute approximate surface area is 277 Å². The van der Waals surface area contributed by atoms with E-state index in [1.165, 1.54) is 6.92 Å². The lowest BCUT2D eigenvalue weighted by Crippen LogP contribution is -2.59. The molecule has 47 heavy (non-hydrogen) atoms. The van der Waals surface area contributed by atoms with Gasteiger partial charge in [0.15, 0.2) is 5.96 Å². The summed E-state index contributed by atoms with van der Waals surface area (Å²) in [6.45, 7) is 11.8. The molecule has 0 aliphatic heterocycles. The van der Waals surface area contributed by atoms with Crippen molar-refractivity contribution in [1.82, 2.24) is 26.6 Å². The van der Waals surface area contributed by atoms with Crippen molar-refractivity contribution in [1.29, 1.82) is 0 Å². The van der Waals surface area contributed by atoms with Crippen molar-refractivity contribution in [3.63, 3.8) is 0 Å². The molecule has 0 aliphatic rings. The summed E-state index contributed by atoms with van der Waals surface area (Å²) in [5, 5.41) is 31.2. The van der Waals surface area contributed by atoms with Crippen LogP contribution in [0.1, 0.15) is 80.6 Å². The van der Waals surface area contributed by atoms with E-state index in [1.54, 1.807) is 13.8 Å². The molecule has 0 spiro atoms. The molecule has 0 saturated heterocycles. The number of nitrogens with zero attached hydrogens (tertiary/aromatic N) is 1. The van der Waals surface area contributed by atoms with Gasteiger partial charge in [-0.25, -0.2) is 4.79 Å². The summed E-state index contributed by atoms with van der Waals surface area (Å²) < 4.78 is 0. The van der Waals surface area contributed by atoms with Gasteiger partial charge >= 0.3 is 5.97 Å². The number of carboxylic acid groups (broad SMARTS) is 1. The highest BCUT2D eigenvalue weighted by atomic mass is 16.4. The number of aliphatic hydroxyl groups excluding tert-OH is 1. The van der Waals surface area contributed by atoms with E-state index in [1.807, 2.05) is 27.7 Å². The Morgan fingerprint density at radius 1 is 0.617 bits per heavy atom. The zero-order valence-electron chi connectivity index (χ0n) is 28.7. The predicted molar refractivity (Wildman–Crippen MR) is 176 cm³/mol. The number of rotatable bonds is 22. The molecule has 5 amide bonds. The second kappa shape index (κ2) is 21.7. The predicted octanol–water partition coefficient (Wildman–Crippen LogP) is -1.97. The fourth-order valence-electron chi connectivity index (χ4n) is 4.48. The molecule has 270 valence electrons. The maximum atomic E-state index is 13.6. The lowest BCUT2D eigenvalue weighted by Gasteiger charge is -2.28. The third kappa shape index (κ3) is 18.1. The Morgan fingerprint density at radius 3 is 1.45 bits per heavy atom. The maximum absolute atomic E-state index is 13.6. The van der Waals surface area contributed by atoms with Crippen molar-refractivity contribution < 1.29 is 39.0 Å². The summed E-state index contributed by atoms with van der Waals surface area (Å²) in [7, 11) is 0. The Hall–Kier alpha value is -3.99. The molecular formula is C30H57N9O8. The monoisotopic (exact) mass is 671 g/mol. The number of carbonyl (C=O) groups excluding carboxylic acids is 5. The van der Waals surface area contributed by atoms with Crippen LogP contribution in [0.3, 0.4) is 0 Å². The quantitative estimate of drug-likeness (QED) is 0.0342. The summed E-state index contributed by atoms with van der Waals surface area (Å²) >= 11 is 0. The molecule has 6 atom stereocenters. The number of carbonyl (C=O) groups is 6. The van der Waals surface area contributed by atoms with Crippen molar-refractivity contribution in [2.45, 2.75) is 117 Å². The number of nitrogens with one attached hydrogen (secondary N) is 5. The van der Waals surface area contributed by atoms with Gasteiger partial charge in [0.25, 0.3) is 0 Å². The molecule has 0 aromatic rings. The normalized spacial score (nSPS) is 15.1. The smallest absolute Gasteiger partial charge is 0.328 e. The molecule has 0 heterocycles. The van der Waals surface area contributed by atoms with Crippen LogP contribution in [0, 0.1) is 17.8 Å². The summed E-state index contributed by atoms with van der Waals surface area (Å²) in [4.78, 5) is 80.7. The lowest BCUT2D eigenvalue weighted by molar-refractivity contribution is -0.143. The third-order valence-corrected chi connectivity index (χ3v) is 6.87. The molecular weight excluding hydrogens is 614 g/mol. The minimum absolute atomic E-state index is 0.0774. The highest BCUT2D eigenvalue weighted by Crippen LogP contribution is 2.11. The van der Waals surface area contributed by atoms with E-state index in [2.05, 4.69) is 31.6 Å². The Bertz CT molecular complexity index is 1080. The van der Waals surface area contributed by atoms with E-state index < -0.39 is 78.4 Å². The van der Waals surface area contributed by atoms with Crippen LogP contribution in [0.5, 0.6) is 0 Å². The first-order valence-corrected chi connectivity index (χ1v) is 15.9. The number of hydrogen-bond donors (Lipinski definition) is 10. The molecule has 0 saturated carbocycles. The van der Waals surface area contributed by atoms with Crippen molar-refractivity contribution in [3.8, 4) is 0 Å². The van der Waals surface area contributed by atoms with Crippen molar-refractivity contribution in [3.05, 3.63) is 0 Å². The number of nitrogens with two attached hydrogens (primary N) is 3. The molecule has 0 bridgehead atoms. The van der Waals surface area contributed by atoms with Crippen LogP contribution >= 0.6 is 0 Å². The maximum Gasteiger partial charge on any atom is 0.328 e. The fourth-order valence-corrected chi connectivity index (χ4v) is 4.48. The standard InChI is InChI=1S/C30H57N9O8/c1-15(2)11-19(31)25(42)35-18(7)24(41)36-20(9-8-10-34-30(32)33)26(43)37-21(12-16(3)4)27(44)38-22(13-17(5)6)28(45)39-23(14-40)29(46)47/h15-23,40H,8-14,31H2,1-7H3,(H,35,42)(H,36,41)(H,37,43)(H,38,44)(H,39,45)(H,46,47)(H4,32,33,34)/t18-,19-,20-,21-,22-,23-/m0/s1. The van der Waals surface area contributed by atoms with E-state index in [-0.39, 0.29) is 55.9 Å². The largest absolute Gasteiger partial charge is 0.480 e. The van der Waals surface area contributed by atoms with Crippen LogP contribution in [0.25, 0.3) is 0 Å². The van der Waals surface area contributed by atoms with E-state index in [4.69, 9.17) is 17.2 Å². The first-order chi connectivity index (χ1) is 21.8. The molecule has 0 aromatic heterocycles. The summed E-state index contributed by atoms with van der Waals surface area (Å²) in [6, 6.07) is -6.88. The van der Waals surface area contributed by atoms with Crippen LogP contribution in [0.2, 0.25) is 0 Å². The third-order valence-electron chi connectivity index (χ3n) is 6.87. The van der Waals surface area contributed by atoms with E-state index >= 15 is 0 Å². The van der Waals surface area contributed by atoms with E-state index in [0.29, 0.717) is 6.42 Å². The minimum Gasteiger partial charge on any atom is -0.480 e. The zero-order chi connectivity index (χ0) is 36.4. The molecule has 0 aliphatic carbocycles. The number of carboxylic acids is 1. The van der Waals surface area contributed by atoms with Gasteiger partial charge in [0.1, 0.15) is 30.2 Å². The second-order valence-electron chi connectivity index (χ2n) is 12.9. The Kier molecular flexibility index (Phi) is 19.9. The average molecular weight is 672 g/mol. The fraction of sp³-hybridized carbons (Fsp3) is 0.767. The number of aliphatic imine (C=N–C) groups is 1. The highest BCUT2D eigenvalue weighted by molar-refractivity contribution is 5.96. The van der Waals surface area contributed by atoms with Crippen LogP contribution in [0.15, 0.2) is 4.99 Å². The molecule has 0 unspecified atom stereocenters. The van der Waals surface area contributed by atoms with Gasteiger partial charge in [0.2, 0.25) is 29.5 Å². The summed E-state index contributed by atoms with van der Waals surface area (Å²) in [5.74, 6) is -4.99. The van der Waals surface area contributed by atoms with Crippen LogP contribution in [0.4, 0.5) is 0 Å². The second-order valence-corrected chi connectivity index (χ2v) is 12.9. The number of amides is 5. The van der Waals surface area contributed by atoms with Crippen molar-refractivity contribution in [2.75, 3.05) is 13.2 Å². The van der Waals surface area contributed by atoms with Gasteiger partial charge in [-0.05, 0) is 56.8 Å². The SMILES string of the molecule is CC(C)C[C@H](NC(=O)[C@H](CC(C)C)NC(=O)[C@H](CCCN=C(N)N)NC(=O)[C@H](C)NC(=O)[C@@H](N)CC(C)C)C(=O)N[C@@H](CO)C(=O)O. The highest BCUT2D eigenvalue weighted by Gasteiger charge is 2.32. The molecule has 0 fully saturated rings. The average Bonchev–Trinajstić information content (AvgIpc) is 2.94. The molecule has 0 radical (unpaired) electrons. The number of guanidine groups is 1. The number of aliphatic hydroxyl groups is 1. The summed E-state index contributed by atoms with van der Waals surface area (Å²) in [6.07, 6.45) is 1.08. The molecule has 17 nitrogen and oxygen atoms in total. The van der Waals surface area contributed by atoms with Gasteiger partial charge in [-0.15, -0.1) is 0 Å². The first-order valence-electron chi connectivity index (χ1n) is 15.9. The van der Waals surface area contributed by atoms with E-state index in [9.17, 15) is 39.0 Å². The van der Waals surface area contributed by atoms with Crippen molar-refractivity contribution in [2.24, 2.45) is 39.9 Å². The zero-order valence-corrected chi connectivity index (χ0v) is 28.7. The van der Waals surface area contributed by atoms with Crippen molar-refractivity contribution >= 4 is 41.5 Å². The molecule has 0 rings (SSSR count). The Balaban J connectivity index is 5.99. The number of hydrogen-bond acceptors (Lipinski definition) is 9.